The summed E-state index contributed by atoms with van der Waals surface area (Å²) in [5, 5.41) is 18.4. The van der Waals surface area contributed by atoms with Crippen LogP contribution in [0.4, 0.5) is 5.95 Å². The first kappa shape index (κ1) is 30.0. The predicted molar refractivity (Wildman–Crippen MR) is 159 cm³/mol. The minimum absolute atomic E-state index is 0.0322. The maximum atomic E-state index is 12.5. The van der Waals surface area contributed by atoms with Crippen LogP contribution >= 0.6 is 0 Å². The second-order valence-electron chi connectivity index (χ2n) is 10.5. The number of primary sulfonamides is 1. The van der Waals surface area contributed by atoms with Crippen LogP contribution in [0.3, 0.4) is 0 Å². The van der Waals surface area contributed by atoms with Crippen LogP contribution in [0.1, 0.15) is 34.5 Å². The van der Waals surface area contributed by atoms with E-state index in [0.717, 1.165) is 6.26 Å². The summed E-state index contributed by atoms with van der Waals surface area (Å²) in [6.07, 6.45) is 2.47. The van der Waals surface area contributed by atoms with Gasteiger partial charge in [-0.1, -0.05) is 24.3 Å². The second kappa shape index (κ2) is 11.3. The molecule has 1 aliphatic carbocycles. The summed E-state index contributed by atoms with van der Waals surface area (Å²) in [5.41, 5.74) is 2.82. The van der Waals surface area contributed by atoms with Gasteiger partial charge < -0.3 is 5.32 Å². The van der Waals surface area contributed by atoms with Gasteiger partial charge >= 0.3 is 0 Å². The molecule has 2 heterocycles. The lowest BCUT2D eigenvalue weighted by molar-refractivity contribution is 0.0941. The van der Waals surface area contributed by atoms with Crippen molar-refractivity contribution >= 4 is 42.7 Å². The Kier molecular flexibility index (Phi) is 7.88. The number of pyridine rings is 1. The minimum atomic E-state index is -3.84. The van der Waals surface area contributed by atoms with Crippen LogP contribution in [-0.4, -0.2) is 55.2 Å². The number of rotatable bonds is 10. The van der Waals surface area contributed by atoms with Crippen molar-refractivity contribution in [1.29, 1.82) is 5.26 Å². The van der Waals surface area contributed by atoms with Crippen LogP contribution in [0.2, 0.25) is 0 Å². The molecular formula is C28H28N8O5S2. The molecule has 0 saturated heterocycles. The third-order valence-corrected chi connectivity index (χ3v) is 8.81. The molecule has 1 amide bonds. The van der Waals surface area contributed by atoms with Gasteiger partial charge in [0.05, 0.1) is 40.2 Å². The van der Waals surface area contributed by atoms with Crippen molar-refractivity contribution in [1.82, 2.24) is 20.3 Å². The fourth-order valence-electron chi connectivity index (χ4n) is 4.33. The number of nitrogens with zero attached hydrogens (tertiary/aromatic N) is 5. The first-order valence-electron chi connectivity index (χ1n) is 13.1. The molecule has 1 aliphatic rings. The summed E-state index contributed by atoms with van der Waals surface area (Å²) in [7, 11) is -7.16. The van der Waals surface area contributed by atoms with Crippen molar-refractivity contribution in [3.05, 3.63) is 77.5 Å². The highest BCUT2D eigenvalue weighted by Gasteiger charge is 2.44. The molecule has 4 aromatic rings. The number of nitriles is 1. The van der Waals surface area contributed by atoms with Crippen molar-refractivity contribution in [2.75, 3.05) is 17.0 Å². The van der Waals surface area contributed by atoms with Gasteiger partial charge in [-0.05, 0) is 54.8 Å². The van der Waals surface area contributed by atoms with Gasteiger partial charge in [-0.2, -0.15) is 5.26 Å². The van der Waals surface area contributed by atoms with E-state index < -0.39 is 25.4 Å². The average molecular weight is 621 g/mol. The highest BCUT2D eigenvalue weighted by Crippen LogP contribution is 2.34. The van der Waals surface area contributed by atoms with Crippen LogP contribution < -0.4 is 21.3 Å². The molecule has 1 saturated carbocycles. The quantitative estimate of drug-likeness (QED) is 0.171. The summed E-state index contributed by atoms with van der Waals surface area (Å²) < 4.78 is 47.1. The van der Waals surface area contributed by atoms with Crippen molar-refractivity contribution in [3.63, 3.8) is 0 Å². The molecule has 5 N–H and O–H groups in total. The monoisotopic (exact) mass is 620 g/mol. The van der Waals surface area contributed by atoms with Crippen LogP contribution in [0.5, 0.6) is 0 Å². The summed E-state index contributed by atoms with van der Waals surface area (Å²) in [5.74, 6) is 5.91. The summed E-state index contributed by atoms with van der Waals surface area (Å²) in [4.78, 5) is 26.3. The van der Waals surface area contributed by atoms with E-state index in [-0.39, 0.29) is 35.5 Å². The molecule has 1 fully saturated rings. The van der Waals surface area contributed by atoms with E-state index in [1.165, 1.54) is 17.1 Å². The highest BCUT2D eigenvalue weighted by atomic mass is 32.2. The largest absolute Gasteiger partial charge is 0.334 e. The number of aromatic nitrogens is 3. The second-order valence-corrected chi connectivity index (χ2v) is 14.3. The van der Waals surface area contributed by atoms with Gasteiger partial charge in [0, 0.05) is 23.8 Å². The van der Waals surface area contributed by atoms with Crippen molar-refractivity contribution in [3.8, 4) is 17.3 Å². The Morgan fingerprint density at radius 3 is 2.26 bits per heavy atom. The van der Waals surface area contributed by atoms with Gasteiger partial charge in [0.2, 0.25) is 16.0 Å². The van der Waals surface area contributed by atoms with Gasteiger partial charge in [0.1, 0.15) is 20.9 Å². The summed E-state index contributed by atoms with van der Waals surface area (Å²) in [6.45, 7) is 0.128. The van der Waals surface area contributed by atoms with Gasteiger partial charge in [-0.15, -0.1) is 0 Å². The van der Waals surface area contributed by atoms with E-state index in [1.807, 2.05) is 0 Å². The molecule has 222 valence electrons. The zero-order valence-corrected chi connectivity index (χ0v) is 24.7. The summed E-state index contributed by atoms with van der Waals surface area (Å²) in [6, 6.07) is 18.3. The van der Waals surface area contributed by atoms with Crippen molar-refractivity contribution in [2.45, 2.75) is 36.2 Å². The number of carbonyl (C=O) groups excluding carboxylic acids is 1. The number of benzene rings is 2. The van der Waals surface area contributed by atoms with Crippen LogP contribution in [0.25, 0.3) is 22.3 Å². The Balaban J connectivity index is 1.43. The molecule has 0 aliphatic heterocycles. The SMILES string of the molecule is CS(=O)(=O)CCc1nc(N(N)Cc2ccc(S(N)(=O)=O)cc2)nc2ccc(-c3ccc(C(=O)NC4(C#N)CC4)cc3)nc12. The Morgan fingerprint density at radius 1 is 1.00 bits per heavy atom. The van der Waals surface area contributed by atoms with E-state index >= 15 is 0 Å². The third kappa shape index (κ3) is 7.12. The Morgan fingerprint density at radius 2 is 1.67 bits per heavy atom. The number of amides is 1. The first-order valence-corrected chi connectivity index (χ1v) is 16.7. The van der Waals surface area contributed by atoms with E-state index in [0.29, 0.717) is 52.0 Å². The maximum absolute atomic E-state index is 12.5. The third-order valence-electron chi connectivity index (χ3n) is 6.93. The zero-order valence-electron chi connectivity index (χ0n) is 23.1. The van der Waals surface area contributed by atoms with Crippen LogP contribution in [-0.2, 0) is 32.8 Å². The van der Waals surface area contributed by atoms with Crippen molar-refractivity contribution in [2.24, 2.45) is 11.0 Å². The fraction of sp³-hybridized carbons (Fsp3) is 0.250. The smallest absolute Gasteiger partial charge is 0.252 e. The van der Waals surface area contributed by atoms with E-state index in [4.69, 9.17) is 16.0 Å². The fourth-order valence-corrected chi connectivity index (χ4v) is 5.41. The van der Waals surface area contributed by atoms with Crippen molar-refractivity contribution < 1.29 is 21.6 Å². The number of hydrogen-bond donors (Lipinski definition) is 3. The Labute approximate surface area is 248 Å². The number of nitrogens with two attached hydrogens (primary N) is 2. The lowest BCUT2D eigenvalue weighted by Crippen LogP contribution is -2.35. The maximum Gasteiger partial charge on any atom is 0.252 e. The summed E-state index contributed by atoms with van der Waals surface area (Å²) >= 11 is 0. The molecule has 0 radical (unpaired) electrons. The number of hydrogen-bond acceptors (Lipinski definition) is 11. The standard InChI is InChI=1S/C28H28N8O5S2/c1-42(38,39)15-12-24-25-23(33-27(34-24)36(30)16-18-2-8-21(9-3-18)43(31,40)41)11-10-22(32-25)19-4-6-20(7-5-19)26(37)35-28(17-29)13-14-28/h2-11H,12-16,30H2,1H3,(H,35,37)(H2,31,40,41). The molecule has 0 atom stereocenters. The van der Waals surface area contributed by atoms with Gasteiger partial charge in [0.25, 0.3) is 5.91 Å². The molecular weight excluding hydrogens is 592 g/mol. The van der Waals surface area contributed by atoms with Gasteiger partial charge in [-0.25, -0.2) is 42.8 Å². The number of nitrogens with one attached hydrogen (secondary N) is 1. The number of hydrazine groups is 1. The Bertz CT molecular complexity index is 1970. The number of sulfone groups is 1. The number of sulfonamides is 1. The lowest BCUT2D eigenvalue weighted by Gasteiger charge is -2.18. The topological polar surface area (TPSA) is 215 Å². The molecule has 2 aromatic carbocycles. The molecule has 15 heteroatoms. The van der Waals surface area contributed by atoms with E-state index in [2.05, 4.69) is 21.4 Å². The highest BCUT2D eigenvalue weighted by molar-refractivity contribution is 7.90. The average Bonchev–Trinajstić information content (AvgIpc) is 3.74. The first-order chi connectivity index (χ1) is 20.2. The molecule has 0 unspecified atom stereocenters. The van der Waals surface area contributed by atoms with Gasteiger partial charge in [0.15, 0.2) is 0 Å². The molecule has 0 bridgehead atoms. The predicted octanol–water partition coefficient (Wildman–Crippen LogP) is 1.59. The molecule has 5 rings (SSSR count). The van der Waals surface area contributed by atoms with E-state index in [9.17, 15) is 26.9 Å². The normalized spacial score (nSPS) is 14.2. The lowest BCUT2D eigenvalue weighted by atomic mass is 10.1. The zero-order chi connectivity index (χ0) is 31.0. The van der Waals surface area contributed by atoms with Gasteiger partial charge in [-0.3, -0.25) is 9.80 Å². The molecule has 2 aromatic heterocycles. The molecule has 43 heavy (non-hydrogen) atoms. The molecule has 13 nitrogen and oxygen atoms in total. The minimum Gasteiger partial charge on any atom is -0.334 e. The molecule has 0 spiro atoms. The van der Waals surface area contributed by atoms with E-state index in [1.54, 1.807) is 48.5 Å². The number of fused-ring (bicyclic) bond motifs is 1. The Hall–Kier alpha value is -4.49. The number of carbonyl (C=O) groups is 1. The van der Waals surface area contributed by atoms with Crippen LogP contribution in [0.15, 0.2) is 65.6 Å². The number of aryl methyl sites for hydroxylation is 1. The van der Waals surface area contributed by atoms with Crippen LogP contribution in [0, 0.1) is 11.3 Å². The number of anilines is 1.